The van der Waals surface area contributed by atoms with Crippen molar-refractivity contribution in [3.05, 3.63) is 75.1 Å². The number of hydrogen-bond acceptors (Lipinski definition) is 6. The second-order valence-corrected chi connectivity index (χ2v) is 7.16. The molecule has 8 nitrogen and oxygen atoms in total. The van der Waals surface area contributed by atoms with Gasteiger partial charge in [0.25, 0.3) is 5.91 Å². The minimum atomic E-state index is -1.11. The molecule has 1 atom stereocenters. The topological polar surface area (TPSA) is 118 Å². The number of hydrogen-bond donors (Lipinski definition) is 3. The van der Waals surface area contributed by atoms with E-state index in [1.807, 2.05) is 30.3 Å². The van der Waals surface area contributed by atoms with Crippen molar-refractivity contribution in [1.82, 2.24) is 10.6 Å². The largest absolute Gasteiger partial charge is 0.484 e. The van der Waals surface area contributed by atoms with E-state index in [4.69, 9.17) is 20.8 Å². The SMILES string of the molecule is Cc1c(Cl)c(=O)oc2cc(OCC(=O)NC(CO)C(=O)NCc3ccccc3)ccc12. The molecule has 0 saturated carbocycles. The summed E-state index contributed by atoms with van der Waals surface area (Å²) in [6, 6.07) is 12.9. The number of benzene rings is 2. The molecule has 1 aromatic heterocycles. The number of halogens is 1. The van der Waals surface area contributed by atoms with Gasteiger partial charge in [-0.3, -0.25) is 9.59 Å². The summed E-state index contributed by atoms with van der Waals surface area (Å²) in [5.74, 6) is -0.816. The Morgan fingerprint density at radius 3 is 2.65 bits per heavy atom. The van der Waals surface area contributed by atoms with Crippen LogP contribution in [0, 0.1) is 6.92 Å². The van der Waals surface area contributed by atoms with E-state index in [1.54, 1.807) is 19.1 Å². The average Bonchev–Trinajstić information content (AvgIpc) is 2.78. The molecule has 2 amide bonds. The summed E-state index contributed by atoms with van der Waals surface area (Å²) >= 11 is 5.90. The number of aryl methyl sites for hydroxylation is 1. The molecule has 3 aromatic rings. The van der Waals surface area contributed by atoms with Gasteiger partial charge >= 0.3 is 5.63 Å². The molecule has 3 rings (SSSR count). The molecule has 0 fully saturated rings. The number of carbonyl (C=O) groups is 2. The van der Waals surface area contributed by atoms with E-state index in [1.165, 1.54) is 6.07 Å². The van der Waals surface area contributed by atoms with Crippen LogP contribution in [0.25, 0.3) is 11.0 Å². The zero-order valence-electron chi connectivity index (χ0n) is 16.7. The molecular weight excluding hydrogens is 424 g/mol. The third kappa shape index (κ3) is 5.62. The Bertz CT molecular complexity index is 1150. The summed E-state index contributed by atoms with van der Waals surface area (Å²) in [6.45, 7) is 1.01. The van der Waals surface area contributed by atoms with Crippen molar-refractivity contribution < 1.29 is 23.8 Å². The standard InChI is InChI=1S/C22H21ClN2O6/c1-13-16-8-7-15(9-18(16)31-22(29)20(13)23)30-12-19(27)25-17(11-26)21(28)24-10-14-5-3-2-4-6-14/h2-9,17,26H,10-12H2,1H3,(H,24,28)(H,25,27). The highest BCUT2D eigenvalue weighted by atomic mass is 35.5. The lowest BCUT2D eigenvalue weighted by Crippen LogP contribution is -2.49. The summed E-state index contributed by atoms with van der Waals surface area (Å²) in [5.41, 5.74) is 1.10. The van der Waals surface area contributed by atoms with E-state index in [2.05, 4.69) is 10.6 Å². The van der Waals surface area contributed by atoms with E-state index in [0.717, 1.165) is 5.56 Å². The number of aliphatic hydroxyl groups is 1. The van der Waals surface area contributed by atoms with E-state index < -0.39 is 36.7 Å². The van der Waals surface area contributed by atoms with Gasteiger partial charge in [0.1, 0.15) is 22.4 Å². The van der Waals surface area contributed by atoms with Crippen LogP contribution >= 0.6 is 11.6 Å². The highest BCUT2D eigenvalue weighted by molar-refractivity contribution is 6.31. The number of ether oxygens (including phenoxy) is 1. The smallest absolute Gasteiger partial charge is 0.355 e. The molecule has 0 spiro atoms. The predicted molar refractivity (Wildman–Crippen MR) is 115 cm³/mol. The first-order valence-corrected chi connectivity index (χ1v) is 9.84. The Labute approximate surface area is 182 Å². The molecule has 0 saturated heterocycles. The van der Waals surface area contributed by atoms with Crippen molar-refractivity contribution in [3.63, 3.8) is 0 Å². The van der Waals surface area contributed by atoms with Gasteiger partial charge in [-0.25, -0.2) is 4.79 Å². The van der Waals surface area contributed by atoms with Gasteiger partial charge in [-0.05, 0) is 30.2 Å². The van der Waals surface area contributed by atoms with Gasteiger partial charge in [0.15, 0.2) is 6.61 Å². The number of fused-ring (bicyclic) bond motifs is 1. The maximum atomic E-state index is 12.2. The van der Waals surface area contributed by atoms with Gasteiger partial charge in [-0.1, -0.05) is 41.9 Å². The van der Waals surface area contributed by atoms with Crippen molar-refractivity contribution in [2.24, 2.45) is 0 Å². The normalized spacial score (nSPS) is 11.7. The van der Waals surface area contributed by atoms with Crippen LogP contribution in [0.4, 0.5) is 0 Å². The van der Waals surface area contributed by atoms with Gasteiger partial charge in [0, 0.05) is 18.0 Å². The highest BCUT2D eigenvalue weighted by Crippen LogP contribution is 2.25. The summed E-state index contributed by atoms with van der Waals surface area (Å²) in [6.07, 6.45) is 0. The summed E-state index contributed by atoms with van der Waals surface area (Å²) < 4.78 is 10.6. The molecule has 3 N–H and O–H groups in total. The molecule has 31 heavy (non-hydrogen) atoms. The first-order chi connectivity index (χ1) is 14.9. The van der Waals surface area contributed by atoms with Crippen molar-refractivity contribution in [1.29, 1.82) is 0 Å². The fourth-order valence-corrected chi connectivity index (χ4v) is 3.03. The third-order valence-electron chi connectivity index (χ3n) is 4.58. The lowest BCUT2D eigenvalue weighted by molar-refractivity contribution is -0.131. The van der Waals surface area contributed by atoms with Crippen LogP contribution in [-0.4, -0.2) is 36.2 Å². The predicted octanol–water partition coefficient (Wildman–Crippen LogP) is 1.93. The number of aliphatic hydroxyl groups excluding tert-OH is 1. The zero-order chi connectivity index (χ0) is 22.4. The Kier molecular flexibility index (Phi) is 7.28. The van der Waals surface area contributed by atoms with Crippen LogP contribution in [0.1, 0.15) is 11.1 Å². The van der Waals surface area contributed by atoms with Gasteiger partial charge < -0.3 is 24.9 Å². The Morgan fingerprint density at radius 1 is 1.19 bits per heavy atom. The quantitative estimate of drug-likeness (QED) is 0.457. The number of nitrogens with one attached hydrogen (secondary N) is 2. The highest BCUT2D eigenvalue weighted by Gasteiger charge is 2.20. The first kappa shape index (κ1) is 22.3. The van der Waals surface area contributed by atoms with Crippen LogP contribution < -0.4 is 21.0 Å². The Morgan fingerprint density at radius 2 is 1.94 bits per heavy atom. The Balaban J connectivity index is 1.56. The fourth-order valence-electron chi connectivity index (χ4n) is 2.89. The van der Waals surface area contributed by atoms with Crippen LogP contribution in [-0.2, 0) is 16.1 Å². The van der Waals surface area contributed by atoms with E-state index >= 15 is 0 Å². The molecule has 0 bridgehead atoms. The second kappa shape index (κ2) is 10.1. The van der Waals surface area contributed by atoms with Gasteiger partial charge in [0.2, 0.25) is 5.91 Å². The fraction of sp³-hybridized carbons (Fsp3) is 0.227. The lowest BCUT2D eigenvalue weighted by Gasteiger charge is -2.16. The molecule has 0 radical (unpaired) electrons. The van der Waals surface area contributed by atoms with Crippen molar-refractivity contribution >= 4 is 34.4 Å². The first-order valence-electron chi connectivity index (χ1n) is 9.46. The molecule has 0 aliphatic heterocycles. The molecular formula is C22H21ClN2O6. The van der Waals surface area contributed by atoms with Gasteiger partial charge in [-0.2, -0.15) is 0 Å². The number of rotatable bonds is 8. The van der Waals surface area contributed by atoms with Crippen molar-refractivity contribution in [2.75, 3.05) is 13.2 Å². The molecule has 1 unspecified atom stereocenters. The van der Waals surface area contributed by atoms with Crippen LogP contribution in [0.3, 0.4) is 0 Å². The van der Waals surface area contributed by atoms with Gasteiger partial charge in [0.05, 0.1) is 6.61 Å². The molecule has 1 heterocycles. The van der Waals surface area contributed by atoms with E-state index in [9.17, 15) is 19.5 Å². The van der Waals surface area contributed by atoms with Crippen molar-refractivity contribution in [2.45, 2.75) is 19.5 Å². The van der Waals surface area contributed by atoms with Gasteiger partial charge in [-0.15, -0.1) is 0 Å². The molecule has 2 aromatic carbocycles. The number of carbonyl (C=O) groups excluding carboxylic acids is 2. The maximum absolute atomic E-state index is 12.2. The summed E-state index contributed by atoms with van der Waals surface area (Å²) in [5, 5.41) is 15.2. The third-order valence-corrected chi connectivity index (χ3v) is 5.02. The second-order valence-electron chi connectivity index (χ2n) is 6.78. The summed E-state index contributed by atoms with van der Waals surface area (Å²) in [4.78, 5) is 36.1. The minimum absolute atomic E-state index is 0.0149. The maximum Gasteiger partial charge on any atom is 0.355 e. The minimum Gasteiger partial charge on any atom is -0.484 e. The monoisotopic (exact) mass is 444 g/mol. The average molecular weight is 445 g/mol. The summed E-state index contributed by atoms with van der Waals surface area (Å²) in [7, 11) is 0. The van der Waals surface area contributed by atoms with Crippen molar-refractivity contribution in [3.8, 4) is 5.75 Å². The van der Waals surface area contributed by atoms with Crippen LogP contribution in [0.15, 0.2) is 57.7 Å². The Hall–Kier alpha value is -3.36. The molecule has 9 heteroatoms. The molecule has 0 aliphatic rings. The van der Waals surface area contributed by atoms with E-state index in [0.29, 0.717) is 16.7 Å². The van der Waals surface area contributed by atoms with Crippen LogP contribution in [0.2, 0.25) is 5.02 Å². The van der Waals surface area contributed by atoms with Crippen LogP contribution in [0.5, 0.6) is 5.75 Å². The zero-order valence-corrected chi connectivity index (χ0v) is 17.4. The number of amides is 2. The molecule has 0 aliphatic carbocycles. The lowest BCUT2D eigenvalue weighted by atomic mass is 10.1. The van der Waals surface area contributed by atoms with E-state index in [-0.39, 0.29) is 17.2 Å². The molecule has 162 valence electrons.